The van der Waals surface area contributed by atoms with Crippen LogP contribution in [0.5, 0.6) is 11.5 Å². The largest absolute Gasteiger partial charge is 0.493 e. The molecule has 5 heteroatoms. The Bertz CT molecular complexity index is 837. The third-order valence-corrected chi connectivity index (χ3v) is 5.83. The molecule has 0 N–H and O–H groups in total. The minimum atomic E-state index is 0.0967. The average molecular weight is 397 g/mol. The van der Waals surface area contributed by atoms with Gasteiger partial charge in [0.1, 0.15) is 0 Å². The van der Waals surface area contributed by atoms with Gasteiger partial charge in [0.2, 0.25) is 5.91 Å². The first-order chi connectivity index (χ1) is 14.1. The summed E-state index contributed by atoms with van der Waals surface area (Å²) >= 11 is 0. The van der Waals surface area contributed by atoms with Gasteiger partial charge < -0.3 is 14.4 Å². The second-order valence-electron chi connectivity index (χ2n) is 7.59. The molecule has 2 aromatic carbocycles. The van der Waals surface area contributed by atoms with E-state index >= 15 is 0 Å². The van der Waals surface area contributed by atoms with Crippen molar-refractivity contribution < 1.29 is 14.3 Å². The zero-order valence-corrected chi connectivity index (χ0v) is 18.0. The van der Waals surface area contributed by atoms with Crippen molar-refractivity contribution in [3.63, 3.8) is 0 Å². The lowest BCUT2D eigenvalue weighted by atomic mass is 10.0. The van der Waals surface area contributed by atoms with Crippen LogP contribution in [0.1, 0.15) is 42.5 Å². The van der Waals surface area contributed by atoms with E-state index in [9.17, 15) is 4.79 Å². The van der Waals surface area contributed by atoms with Crippen LogP contribution in [0, 0.1) is 6.92 Å². The fourth-order valence-corrected chi connectivity index (χ4v) is 4.06. The van der Waals surface area contributed by atoms with Gasteiger partial charge in [-0.2, -0.15) is 0 Å². The van der Waals surface area contributed by atoms with Gasteiger partial charge in [-0.3, -0.25) is 9.69 Å². The van der Waals surface area contributed by atoms with Crippen molar-refractivity contribution in [2.24, 2.45) is 0 Å². The molecule has 1 heterocycles. The molecule has 29 heavy (non-hydrogen) atoms. The first kappa shape index (κ1) is 21.2. The van der Waals surface area contributed by atoms with E-state index in [2.05, 4.69) is 43.0 Å². The number of hydrogen-bond acceptors (Lipinski definition) is 4. The van der Waals surface area contributed by atoms with Gasteiger partial charge in [-0.15, -0.1) is 0 Å². The molecule has 156 valence electrons. The zero-order chi connectivity index (χ0) is 20.8. The Hall–Kier alpha value is -2.53. The average Bonchev–Trinajstić information content (AvgIpc) is 3.24. The first-order valence-electron chi connectivity index (χ1n) is 10.4. The van der Waals surface area contributed by atoms with Crippen LogP contribution in [0.4, 0.5) is 0 Å². The summed E-state index contributed by atoms with van der Waals surface area (Å²) < 4.78 is 10.8. The highest BCUT2D eigenvalue weighted by Gasteiger charge is 2.31. The van der Waals surface area contributed by atoms with Crippen LogP contribution in [0.25, 0.3) is 0 Å². The lowest BCUT2D eigenvalue weighted by molar-refractivity contribution is -0.133. The molecule has 0 aliphatic carbocycles. The van der Waals surface area contributed by atoms with Gasteiger partial charge in [0.25, 0.3) is 0 Å². The van der Waals surface area contributed by atoms with Crippen molar-refractivity contribution in [2.45, 2.75) is 39.3 Å². The fourth-order valence-electron chi connectivity index (χ4n) is 4.06. The number of hydrogen-bond donors (Lipinski definition) is 0. The Labute approximate surface area is 174 Å². The molecule has 5 nitrogen and oxygen atoms in total. The molecule has 0 aromatic heterocycles. The van der Waals surface area contributed by atoms with E-state index in [0.717, 1.165) is 38.0 Å². The third-order valence-electron chi connectivity index (χ3n) is 5.83. The van der Waals surface area contributed by atoms with Crippen LogP contribution >= 0.6 is 0 Å². The topological polar surface area (TPSA) is 42.0 Å². The third kappa shape index (κ3) is 4.91. The predicted molar refractivity (Wildman–Crippen MR) is 115 cm³/mol. The number of methoxy groups -OCH3 is 2. The molecular formula is C24H32N2O3. The summed E-state index contributed by atoms with van der Waals surface area (Å²) in [4.78, 5) is 17.4. The predicted octanol–water partition coefficient (Wildman–Crippen LogP) is 4.20. The minimum Gasteiger partial charge on any atom is -0.493 e. The van der Waals surface area contributed by atoms with Crippen LogP contribution in [0.15, 0.2) is 42.5 Å². The van der Waals surface area contributed by atoms with Gasteiger partial charge >= 0.3 is 0 Å². The van der Waals surface area contributed by atoms with E-state index < -0.39 is 0 Å². The SMILES string of the molecule is CCN(CC(=O)N1CCCC1c1ccc(OC)c(OC)c1)Cc1ccccc1C. The number of carbonyl (C=O) groups is 1. The highest BCUT2D eigenvalue weighted by Crippen LogP contribution is 2.37. The van der Waals surface area contributed by atoms with Crippen molar-refractivity contribution in [3.05, 3.63) is 59.2 Å². The zero-order valence-electron chi connectivity index (χ0n) is 18.0. The Morgan fingerprint density at radius 2 is 1.90 bits per heavy atom. The minimum absolute atomic E-state index is 0.0967. The molecule has 0 spiro atoms. The van der Waals surface area contributed by atoms with Crippen molar-refractivity contribution in [2.75, 3.05) is 33.9 Å². The van der Waals surface area contributed by atoms with E-state index in [1.807, 2.05) is 23.1 Å². The Balaban J connectivity index is 1.71. The molecule has 1 aliphatic heterocycles. The van der Waals surface area contributed by atoms with Crippen molar-refractivity contribution in [1.29, 1.82) is 0 Å². The van der Waals surface area contributed by atoms with Crippen molar-refractivity contribution in [3.8, 4) is 11.5 Å². The maximum absolute atomic E-state index is 13.2. The highest BCUT2D eigenvalue weighted by atomic mass is 16.5. The Kier molecular flexibility index (Phi) is 7.15. The Morgan fingerprint density at radius 3 is 2.59 bits per heavy atom. The van der Waals surface area contributed by atoms with Gasteiger partial charge in [0.05, 0.1) is 26.8 Å². The van der Waals surface area contributed by atoms with Crippen LogP contribution in [0.3, 0.4) is 0 Å². The maximum Gasteiger partial charge on any atom is 0.237 e. The molecule has 0 bridgehead atoms. The van der Waals surface area contributed by atoms with Crippen LogP contribution in [0.2, 0.25) is 0 Å². The van der Waals surface area contributed by atoms with Gasteiger partial charge in [-0.05, 0) is 55.1 Å². The van der Waals surface area contributed by atoms with Gasteiger partial charge in [0.15, 0.2) is 11.5 Å². The number of nitrogens with zero attached hydrogens (tertiary/aromatic N) is 2. The van der Waals surface area contributed by atoms with Crippen LogP contribution in [-0.4, -0.2) is 49.6 Å². The van der Waals surface area contributed by atoms with Crippen LogP contribution in [-0.2, 0) is 11.3 Å². The molecule has 0 saturated carbocycles. The van der Waals surface area contributed by atoms with Gasteiger partial charge in [0, 0.05) is 13.1 Å². The smallest absolute Gasteiger partial charge is 0.237 e. The monoisotopic (exact) mass is 396 g/mol. The molecule has 1 unspecified atom stereocenters. The molecular weight excluding hydrogens is 364 g/mol. The fraction of sp³-hybridized carbons (Fsp3) is 0.458. The van der Waals surface area contributed by atoms with E-state index in [1.165, 1.54) is 11.1 Å². The summed E-state index contributed by atoms with van der Waals surface area (Å²) in [5.74, 6) is 1.61. The first-order valence-corrected chi connectivity index (χ1v) is 10.4. The number of ether oxygens (including phenoxy) is 2. The summed E-state index contributed by atoms with van der Waals surface area (Å²) in [6.07, 6.45) is 2.00. The van der Waals surface area contributed by atoms with E-state index in [4.69, 9.17) is 9.47 Å². The quantitative estimate of drug-likeness (QED) is 0.671. The second-order valence-corrected chi connectivity index (χ2v) is 7.59. The lowest BCUT2D eigenvalue weighted by Gasteiger charge is -2.29. The highest BCUT2D eigenvalue weighted by molar-refractivity contribution is 5.79. The molecule has 3 rings (SSSR count). The molecule has 2 aromatic rings. The van der Waals surface area contributed by atoms with Crippen molar-refractivity contribution in [1.82, 2.24) is 9.80 Å². The summed E-state index contributed by atoms with van der Waals surface area (Å²) in [5, 5.41) is 0. The van der Waals surface area contributed by atoms with Crippen LogP contribution < -0.4 is 9.47 Å². The normalized spacial score (nSPS) is 16.3. The molecule has 1 amide bonds. The molecule has 0 radical (unpaired) electrons. The lowest BCUT2D eigenvalue weighted by Crippen LogP contribution is -2.39. The number of rotatable bonds is 8. The number of likely N-dealkylation sites (tertiary alicyclic amines) is 1. The van der Waals surface area contributed by atoms with E-state index in [-0.39, 0.29) is 11.9 Å². The van der Waals surface area contributed by atoms with E-state index in [0.29, 0.717) is 18.0 Å². The summed E-state index contributed by atoms with van der Waals surface area (Å²) in [5.41, 5.74) is 3.65. The summed E-state index contributed by atoms with van der Waals surface area (Å²) in [6, 6.07) is 14.4. The number of benzene rings is 2. The standard InChI is InChI=1S/C24H32N2O3/c1-5-25(16-20-10-7-6-9-18(20)2)17-24(27)26-14-8-11-21(26)19-12-13-22(28-3)23(15-19)29-4/h6-7,9-10,12-13,15,21H,5,8,11,14,16-17H2,1-4H3. The molecule has 1 saturated heterocycles. The number of amides is 1. The number of likely N-dealkylation sites (N-methyl/N-ethyl adjacent to an activating group) is 1. The van der Waals surface area contributed by atoms with Gasteiger partial charge in [-0.1, -0.05) is 37.3 Å². The molecule has 1 atom stereocenters. The number of carbonyl (C=O) groups excluding carboxylic acids is 1. The van der Waals surface area contributed by atoms with Gasteiger partial charge in [-0.25, -0.2) is 0 Å². The second kappa shape index (κ2) is 9.79. The number of aryl methyl sites for hydroxylation is 1. The summed E-state index contributed by atoms with van der Waals surface area (Å²) in [6.45, 7) is 7.12. The van der Waals surface area contributed by atoms with E-state index in [1.54, 1.807) is 14.2 Å². The Morgan fingerprint density at radius 1 is 1.14 bits per heavy atom. The maximum atomic E-state index is 13.2. The molecule has 1 aliphatic rings. The van der Waals surface area contributed by atoms with Crippen molar-refractivity contribution >= 4 is 5.91 Å². The molecule has 1 fully saturated rings. The summed E-state index contributed by atoms with van der Waals surface area (Å²) in [7, 11) is 3.28.